The number of amides is 1. The summed E-state index contributed by atoms with van der Waals surface area (Å²) in [5.74, 6) is 0.256. The molecule has 1 amide bonds. The summed E-state index contributed by atoms with van der Waals surface area (Å²) in [5, 5.41) is 3.91. The molecule has 1 unspecified atom stereocenters. The number of rotatable bonds is 5. The molecule has 0 aromatic heterocycles. The second-order valence-corrected chi connectivity index (χ2v) is 12.7. The molecule has 0 saturated heterocycles. The molecular weight excluding hydrogens is 521 g/mol. The standard InChI is InChI=1S/C35H39F3N2O/c1-22(2)34(33(41)40-16-14-24-7-10-29(35(36,37)38)19-28(24)21-40)15-13-30(20-34)39-32-12-9-27-18-26(8-11-31(27)32)25-6-4-5-23(3)17-25/h4-8,10-11,17-19,22,30,32,39H,9,12-16,20-21H2,1-3H3/t30-,32?,34+/m1/s1. The van der Waals surface area contributed by atoms with E-state index in [1.165, 1.54) is 33.9 Å². The van der Waals surface area contributed by atoms with Crippen LogP contribution >= 0.6 is 0 Å². The zero-order valence-electron chi connectivity index (χ0n) is 24.2. The highest BCUT2D eigenvalue weighted by Crippen LogP contribution is 2.48. The largest absolute Gasteiger partial charge is 0.416 e. The summed E-state index contributed by atoms with van der Waals surface area (Å²) >= 11 is 0. The summed E-state index contributed by atoms with van der Waals surface area (Å²) in [6.45, 7) is 7.18. The SMILES string of the molecule is Cc1cccc(-c2ccc3c(c2)CCC3N[C@@H]2CC[C@@](C(=O)N3CCc4ccc(C(F)(F)F)cc4C3)(C(C)C)C2)c1. The number of nitrogens with one attached hydrogen (secondary N) is 1. The van der Waals surface area contributed by atoms with E-state index in [4.69, 9.17) is 0 Å². The van der Waals surface area contributed by atoms with Crippen molar-refractivity contribution in [3.05, 3.63) is 94.0 Å². The molecule has 3 aliphatic rings. The van der Waals surface area contributed by atoms with Gasteiger partial charge in [-0.2, -0.15) is 13.2 Å². The van der Waals surface area contributed by atoms with Crippen LogP contribution in [0.3, 0.4) is 0 Å². The number of aryl methyl sites for hydroxylation is 2. The Balaban J connectivity index is 1.15. The molecular formula is C35H39F3N2O. The lowest BCUT2D eigenvalue weighted by atomic mass is 9.73. The van der Waals surface area contributed by atoms with Gasteiger partial charge in [-0.05, 0) is 96.9 Å². The van der Waals surface area contributed by atoms with Gasteiger partial charge < -0.3 is 10.2 Å². The molecule has 1 N–H and O–H groups in total. The number of fused-ring (bicyclic) bond motifs is 2. The molecule has 41 heavy (non-hydrogen) atoms. The van der Waals surface area contributed by atoms with Crippen molar-refractivity contribution in [1.29, 1.82) is 0 Å². The number of hydrogen-bond donors (Lipinski definition) is 1. The summed E-state index contributed by atoms with van der Waals surface area (Å²) in [6, 6.07) is 19.9. The van der Waals surface area contributed by atoms with Crippen molar-refractivity contribution in [3.63, 3.8) is 0 Å². The number of carbonyl (C=O) groups is 1. The number of alkyl halides is 3. The van der Waals surface area contributed by atoms with Crippen molar-refractivity contribution in [3.8, 4) is 11.1 Å². The minimum atomic E-state index is -4.38. The fourth-order valence-electron chi connectivity index (χ4n) is 7.48. The Morgan fingerprint density at radius 2 is 1.76 bits per heavy atom. The summed E-state index contributed by atoms with van der Waals surface area (Å²) < 4.78 is 40.1. The number of halogens is 3. The Hall–Kier alpha value is -3.12. The van der Waals surface area contributed by atoms with Crippen LogP contribution in [0, 0.1) is 18.3 Å². The van der Waals surface area contributed by atoms with Gasteiger partial charge in [0.1, 0.15) is 0 Å². The van der Waals surface area contributed by atoms with E-state index in [0.29, 0.717) is 18.5 Å². The molecule has 1 heterocycles. The first kappa shape index (κ1) is 28.0. The van der Waals surface area contributed by atoms with Gasteiger partial charge in [-0.15, -0.1) is 0 Å². The first-order valence-corrected chi connectivity index (χ1v) is 15.0. The smallest absolute Gasteiger partial charge is 0.338 e. The zero-order valence-corrected chi connectivity index (χ0v) is 24.2. The summed E-state index contributed by atoms with van der Waals surface area (Å²) in [4.78, 5) is 15.9. The Kier molecular flexibility index (Phi) is 7.25. The highest BCUT2D eigenvalue weighted by molar-refractivity contribution is 5.84. The predicted molar refractivity (Wildman–Crippen MR) is 156 cm³/mol. The molecule has 3 aromatic carbocycles. The van der Waals surface area contributed by atoms with Gasteiger partial charge in [0.25, 0.3) is 0 Å². The molecule has 0 radical (unpaired) electrons. The van der Waals surface area contributed by atoms with E-state index >= 15 is 0 Å². The first-order valence-electron chi connectivity index (χ1n) is 15.0. The van der Waals surface area contributed by atoms with Crippen LogP contribution in [-0.4, -0.2) is 23.4 Å². The lowest BCUT2D eigenvalue weighted by molar-refractivity contribution is -0.145. The van der Waals surface area contributed by atoms with Gasteiger partial charge in [0.15, 0.2) is 0 Å². The van der Waals surface area contributed by atoms with Crippen molar-refractivity contribution in [1.82, 2.24) is 10.2 Å². The van der Waals surface area contributed by atoms with Gasteiger partial charge in [0.2, 0.25) is 5.91 Å². The van der Waals surface area contributed by atoms with E-state index in [1.54, 1.807) is 6.07 Å². The topological polar surface area (TPSA) is 32.3 Å². The van der Waals surface area contributed by atoms with Gasteiger partial charge in [-0.3, -0.25) is 4.79 Å². The van der Waals surface area contributed by atoms with E-state index in [1.807, 2.05) is 4.90 Å². The number of carbonyl (C=O) groups excluding carboxylic acids is 1. The van der Waals surface area contributed by atoms with Crippen LogP contribution in [0.15, 0.2) is 60.7 Å². The normalized spacial score (nSPS) is 24.0. The van der Waals surface area contributed by atoms with Gasteiger partial charge in [0.05, 0.1) is 11.0 Å². The quantitative estimate of drug-likeness (QED) is 0.343. The van der Waals surface area contributed by atoms with Crippen molar-refractivity contribution in [2.24, 2.45) is 11.3 Å². The molecule has 0 spiro atoms. The van der Waals surface area contributed by atoms with Crippen LogP contribution < -0.4 is 5.32 Å². The Labute approximate surface area is 241 Å². The van der Waals surface area contributed by atoms with Gasteiger partial charge in [-0.25, -0.2) is 0 Å². The van der Waals surface area contributed by atoms with Crippen LogP contribution in [0.25, 0.3) is 11.1 Å². The fourth-order valence-corrected chi connectivity index (χ4v) is 7.48. The van der Waals surface area contributed by atoms with E-state index in [2.05, 4.69) is 68.6 Å². The predicted octanol–water partition coefficient (Wildman–Crippen LogP) is 8.04. The van der Waals surface area contributed by atoms with Crippen molar-refractivity contribution in [2.75, 3.05) is 6.54 Å². The monoisotopic (exact) mass is 560 g/mol. The Bertz CT molecular complexity index is 1460. The maximum atomic E-state index is 14.1. The van der Waals surface area contributed by atoms with E-state index in [-0.39, 0.29) is 30.5 Å². The lowest BCUT2D eigenvalue weighted by Crippen LogP contribution is -2.48. The molecule has 1 saturated carbocycles. The van der Waals surface area contributed by atoms with Crippen LogP contribution in [0.1, 0.15) is 79.0 Å². The first-order chi connectivity index (χ1) is 19.5. The van der Waals surface area contributed by atoms with Crippen LogP contribution in [-0.2, 0) is 30.4 Å². The molecule has 1 aliphatic heterocycles. The Morgan fingerprint density at radius 3 is 2.51 bits per heavy atom. The molecule has 216 valence electrons. The van der Waals surface area contributed by atoms with Crippen molar-refractivity contribution < 1.29 is 18.0 Å². The third-order valence-electron chi connectivity index (χ3n) is 9.92. The van der Waals surface area contributed by atoms with E-state index in [9.17, 15) is 18.0 Å². The summed E-state index contributed by atoms with van der Waals surface area (Å²) in [7, 11) is 0. The minimum Gasteiger partial charge on any atom is -0.338 e. The zero-order chi connectivity index (χ0) is 28.9. The number of nitrogens with zero attached hydrogens (tertiary/aromatic N) is 1. The highest BCUT2D eigenvalue weighted by Gasteiger charge is 2.50. The minimum absolute atomic E-state index is 0.106. The fraction of sp³-hybridized carbons (Fsp3) is 0.457. The van der Waals surface area contributed by atoms with Crippen LogP contribution in [0.2, 0.25) is 0 Å². The lowest BCUT2D eigenvalue weighted by Gasteiger charge is -2.40. The van der Waals surface area contributed by atoms with Crippen LogP contribution in [0.5, 0.6) is 0 Å². The molecule has 1 fully saturated rings. The number of hydrogen-bond acceptors (Lipinski definition) is 2. The molecule has 3 atom stereocenters. The van der Waals surface area contributed by atoms with Gasteiger partial charge >= 0.3 is 6.18 Å². The van der Waals surface area contributed by atoms with Gasteiger partial charge in [-0.1, -0.05) is 67.9 Å². The molecule has 0 bridgehead atoms. The molecule has 6 rings (SSSR count). The molecule has 6 heteroatoms. The van der Waals surface area contributed by atoms with E-state index in [0.717, 1.165) is 43.7 Å². The summed E-state index contributed by atoms with van der Waals surface area (Å²) in [6.07, 6.45) is 0.808. The van der Waals surface area contributed by atoms with Crippen LogP contribution in [0.4, 0.5) is 13.2 Å². The number of benzene rings is 3. The average molecular weight is 561 g/mol. The maximum absolute atomic E-state index is 14.1. The Morgan fingerprint density at radius 1 is 0.951 bits per heavy atom. The third kappa shape index (κ3) is 5.31. The maximum Gasteiger partial charge on any atom is 0.416 e. The molecule has 3 nitrogen and oxygen atoms in total. The average Bonchev–Trinajstić information content (AvgIpc) is 3.56. The van der Waals surface area contributed by atoms with Crippen molar-refractivity contribution >= 4 is 5.91 Å². The highest BCUT2D eigenvalue weighted by atomic mass is 19.4. The van der Waals surface area contributed by atoms with E-state index < -0.39 is 17.2 Å². The second kappa shape index (κ2) is 10.6. The summed E-state index contributed by atoms with van der Waals surface area (Å²) in [5.41, 5.74) is 6.92. The third-order valence-corrected chi connectivity index (χ3v) is 9.92. The molecule has 2 aliphatic carbocycles. The van der Waals surface area contributed by atoms with Crippen molar-refractivity contribution in [2.45, 2.75) is 84.1 Å². The molecule has 3 aromatic rings. The van der Waals surface area contributed by atoms with Gasteiger partial charge in [0, 0.05) is 25.2 Å². The second-order valence-electron chi connectivity index (χ2n) is 12.7.